The van der Waals surface area contributed by atoms with Crippen LogP contribution in [0.1, 0.15) is 412 Å². The van der Waals surface area contributed by atoms with Gasteiger partial charge in [0.1, 0.15) is 19.8 Å². The van der Waals surface area contributed by atoms with Crippen LogP contribution >= 0.6 is 7.82 Å². The number of phosphoric ester groups is 1. The van der Waals surface area contributed by atoms with E-state index in [0.717, 1.165) is 64.2 Å². The molecule has 0 rings (SSSR count). The molecule has 0 spiro atoms. The zero-order valence-electron chi connectivity index (χ0n) is 64.4. The second kappa shape index (κ2) is 76.6. The van der Waals surface area contributed by atoms with Crippen LogP contribution < -0.4 is 0 Å². The Labute approximate surface area is 597 Å². The van der Waals surface area contributed by atoms with Crippen molar-refractivity contribution < 1.29 is 42.1 Å². The molecule has 0 fully saturated rings. The molecule has 1 N–H and O–H groups in total. The van der Waals surface area contributed by atoms with Gasteiger partial charge in [0.15, 0.2) is 6.10 Å². The van der Waals surface area contributed by atoms with Gasteiger partial charge in [0.2, 0.25) is 0 Å². The van der Waals surface area contributed by atoms with E-state index in [4.69, 9.17) is 18.5 Å². The van der Waals surface area contributed by atoms with Gasteiger partial charge in [-0.25, -0.2) is 4.57 Å². The first kappa shape index (κ1) is 93.5. The number of carbonyl (C=O) groups is 2. The summed E-state index contributed by atoms with van der Waals surface area (Å²) in [5.41, 5.74) is 0. The van der Waals surface area contributed by atoms with E-state index >= 15 is 0 Å². The van der Waals surface area contributed by atoms with Crippen LogP contribution in [0.15, 0.2) is 72.9 Å². The Morgan fingerprint density at radius 2 is 0.594 bits per heavy atom. The number of hydrogen-bond acceptors (Lipinski definition) is 7. The van der Waals surface area contributed by atoms with Crippen LogP contribution in [-0.2, 0) is 32.7 Å². The normalized spacial score (nSPS) is 13.4. The molecule has 0 radical (unpaired) electrons. The number of likely N-dealkylation sites (N-methyl/N-ethyl adjacent to an activating group) is 1. The maximum absolute atomic E-state index is 12.9. The molecule has 0 aromatic heterocycles. The minimum absolute atomic E-state index is 0.0337. The summed E-state index contributed by atoms with van der Waals surface area (Å²) in [6, 6.07) is 0. The topological polar surface area (TPSA) is 108 Å². The van der Waals surface area contributed by atoms with Crippen molar-refractivity contribution in [3.05, 3.63) is 72.9 Å². The van der Waals surface area contributed by atoms with Crippen molar-refractivity contribution in [2.24, 2.45) is 0 Å². The zero-order chi connectivity index (χ0) is 69.7. The highest BCUT2D eigenvalue weighted by Crippen LogP contribution is 2.43. The number of esters is 2. The highest BCUT2D eigenvalue weighted by Gasteiger charge is 2.27. The molecule has 0 saturated carbocycles. The Hall–Kier alpha value is -2.55. The molecule has 96 heavy (non-hydrogen) atoms. The summed E-state index contributed by atoms with van der Waals surface area (Å²) in [6.45, 7) is 4.39. The van der Waals surface area contributed by atoms with Gasteiger partial charge in [0.25, 0.3) is 0 Å². The standard InChI is InChI=1S/C86H160NO8P/c1-6-8-10-12-14-16-18-20-22-24-26-28-30-32-34-36-38-40-42-43-45-47-49-51-53-55-57-59-61-63-65-67-69-71-73-75-77-79-86(89)95-84(83-94-96(90,91)93-81-80-87(3,4)5)82-92-85(88)78-76-74-72-70-68-66-64-62-60-58-56-54-52-50-48-46-44-41-39-37-35-33-31-29-27-25-23-21-19-17-15-13-11-9-7-2/h8,10,14,16,20,22,25-28,32,34,84H,6-7,9,11-13,15,17-19,21,23-24,29-31,33,35-83H2,1-5H3/p+1/b10-8-,16-14-,22-20-,27-25-,28-26-,34-32-. The van der Waals surface area contributed by atoms with E-state index in [0.29, 0.717) is 23.9 Å². The predicted molar refractivity (Wildman–Crippen MR) is 418 cm³/mol. The number of allylic oxidation sites excluding steroid dienone is 12. The molecule has 2 atom stereocenters. The minimum atomic E-state index is -4.40. The van der Waals surface area contributed by atoms with Crippen molar-refractivity contribution in [3.8, 4) is 0 Å². The Kier molecular flexibility index (Phi) is 74.6. The summed E-state index contributed by atoms with van der Waals surface area (Å²) in [5.74, 6) is -0.774. The fourth-order valence-corrected chi connectivity index (χ4v) is 13.1. The van der Waals surface area contributed by atoms with Crippen LogP contribution in [0.2, 0.25) is 0 Å². The van der Waals surface area contributed by atoms with Crippen molar-refractivity contribution in [1.29, 1.82) is 0 Å². The van der Waals surface area contributed by atoms with Crippen LogP contribution in [-0.4, -0.2) is 74.9 Å². The largest absolute Gasteiger partial charge is 0.472 e. The lowest BCUT2D eigenvalue weighted by Crippen LogP contribution is -2.37. The second-order valence-electron chi connectivity index (χ2n) is 29.5. The van der Waals surface area contributed by atoms with Gasteiger partial charge in [-0.15, -0.1) is 0 Å². The van der Waals surface area contributed by atoms with Crippen LogP contribution in [0, 0.1) is 0 Å². The molecular formula is C86H161NO8P+. The highest BCUT2D eigenvalue weighted by molar-refractivity contribution is 7.47. The van der Waals surface area contributed by atoms with E-state index in [2.05, 4.69) is 86.8 Å². The van der Waals surface area contributed by atoms with E-state index in [-0.39, 0.29) is 25.6 Å². The summed E-state index contributed by atoms with van der Waals surface area (Å²) >= 11 is 0. The average Bonchev–Trinajstić information content (AvgIpc) is 2.72. The third-order valence-corrected chi connectivity index (χ3v) is 19.7. The van der Waals surface area contributed by atoms with Gasteiger partial charge in [-0.1, -0.05) is 389 Å². The molecule has 0 aliphatic heterocycles. The van der Waals surface area contributed by atoms with Gasteiger partial charge in [-0.2, -0.15) is 0 Å². The molecule has 0 aromatic rings. The Morgan fingerprint density at radius 1 is 0.333 bits per heavy atom. The Balaban J connectivity index is 3.90. The average molecular weight is 1370 g/mol. The van der Waals surface area contributed by atoms with Crippen molar-refractivity contribution in [2.75, 3.05) is 47.5 Å². The van der Waals surface area contributed by atoms with Crippen molar-refractivity contribution >= 4 is 19.8 Å². The number of hydrogen-bond donors (Lipinski definition) is 1. The van der Waals surface area contributed by atoms with Crippen LogP contribution in [0.4, 0.5) is 0 Å². The molecule has 0 aliphatic rings. The van der Waals surface area contributed by atoms with Crippen molar-refractivity contribution in [1.82, 2.24) is 0 Å². The van der Waals surface area contributed by atoms with Crippen LogP contribution in [0.25, 0.3) is 0 Å². The summed E-state index contributed by atoms with van der Waals surface area (Å²) in [5, 5.41) is 0. The maximum atomic E-state index is 12.9. The zero-order valence-corrected chi connectivity index (χ0v) is 65.3. The quantitative estimate of drug-likeness (QED) is 0.0211. The molecule has 0 saturated heterocycles. The molecule has 0 bridgehead atoms. The first-order valence-electron chi connectivity index (χ1n) is 41.7. The number of ether oxygens (including phenoxy) is 2. The highest BCUT2D eigenvalue weighted by atomic mass is 31.2. The number of nitrogens with zero attached hydrogens (tertiary/aromatic N) is 1. The van der Waals surface area contributed by atoms with E-state index in [9.17, 15) is 19.0 Å². The summed E-state index contributed by atoms with van der Waals surface area (Å²) < 4.78 is 34.9. The minimum Gasteiger partial charge on any atom is -0.462 e. The third kappa shape index (κ3) is 80.4. The Bertz CT molecular complexity index is 1850. The van der Waals surface area contributed by atoms with E-state index in [1.807, 2.05) is 21.1 Å². The van der Waals surface area contributed by atoms with Gasteiger partial charge in [-0.05, 0) is 83.5 Å². The lowest BCUT2D eigenvalue weighted by atomic mass is 10.0. The molecule has 2 unspecified atom stereocenters. The molecular weight excluding hydrogens is 1210 g/mol. The monoisotopic (exact) mass is 1370 g/mol. The number of quaternary nitrogens is 1. The first-order valence-corrected chi connectivity index (χ1v) is 43.2. The summed E-state index contributed by atoms with van der Waals surface area (Å²) in [4.78, 5) is 36.0. The molecule has 0 amide bonds. The second-order valence-corrected chi connectivity index (χ2v) is 30.9. The van der Waals surface area contributed by atoms with Crippen molar-refractivity contribution in [2.45, 2.75) is 418 Å². The lowest BCUT2D eigenvalue weighted by molar-refractivity contribution is -0.870. The lowest BCUT2D eigenvalue weighted by Gasteiger charge is -2.24. The van der Waals surface area contributed by atoms with Crippen LogP contribution in [0.3, 0.4) is 0 Å². The first-order chi connectivity index (χ1) is 47.0. The molecule has 562 valence electrons. The number of rotatable bonds is 78. The molecule has 10 heteroatoms. The summed E-state index contributed by atoms with van der Waals surface area (Å²) in [6.07, 6.45) is 105. The van der Waals surface area contributed by atoms with E-state index < -0.39 is 26.5 Å². The number of carbonyl (C=O) groups excluding carboxylic acids is 2. The number of unbranched alkanes of at least 4 members (excludes halogenated alkanes) is 52. The number of phosphoric acid groups is 1. The van der Waals surface area contributed by atoms with Gasteiger partial charge in [0.05, 0.1) is 27.7 Å². The molecule has 0 aromatic carbocycles. The fraction of sp³-hybridized carbons (Fsp3) is 0.837. The molecule has 0 aliphatic carbocycles. The van der Waals surface area contributed by atoms with Crippen LogP contribution in [0.5, 0.6) is 0 Å². The van der Waals surface area contributed by atoms with E-state index in [1.54, 1.807) is 0 Å². The predicted octanol–water partition coefficient (Wildman–Crippen LogP) is 27.8. The summed E-state index contributed by atoms with van der Waals surface area (Å²) in [7, 11) is 1.50. The van der Waals surface area contributed by atoms with E-state index in [1.165, 1.54) is 315 Å². The van der Waals surface area contributed by atoms with Gasteiger partial charge < -0.3 is 18.9 Å². The smallest absolute Gasteiger partial charge is 0.462 e. The SMILES string of the molecule is CC/C=C\C/C=C\C/C=C\C/C=C\C/C=C\CCCCCCCCCCCCCCCCCCCCCCCC(=O)OC(COC(=O)CCCCCCCCCCCCCCCCCCCCCCCCC/C=C\CCCCCCCCCC)COP(=O)(O)OCC[N+](C)(C)C. The van der Waals surface area contributed by atoms with Gasteiger partial charge in [0, 0.05) is 12.8 Å². The Morgan fingerprint density at radius 3 is 0.896 bits per heavy atom. The van der Waals surface area contributed by atoms with Gasteiger partial charge >= 0.3 is 19.8 Å². The van der Waals surface area contributed by atoms with Crippen molar-refractivity contribution in [3.63, 3.8) is 0 Å². The third-order valence-electron chi connectivity index (χ3n) is 18.7. The maximum Gasteiger partial charge on any atom is 0.472 e. The fourth-order valence-electron chi connectivity index (χ4n) is 12.4. The van der Waals surface area contributed by atoms with Gasteiger partial charge in [-0.3, -0.25) is 18.6 Å². The molecule has 0 heterocycles. The molecule has 9 nitrogen and oxygen atoms in total.